The Labute approximate surface area is 264 Å². The summed E-state index contributed by atoms with van der Waals surface area (Å²) < 4.78 is 2.41. The largest absolute Gasteiger partial charge is 0.481 e. The maximum atomic E-state index is 10.5. The molecule has 5 heteroatoms. The van der Waals surface area contributed by atoms with Crippen molar-refractivity contribution in [2.24, 2.45) is 0 Å². The minimum absolute atomic E-state index is 0.225. The number of carboxylic acids is 1. The van der Waals surface area contributed by atoms with Gasteiger partial charge in [0.2, 0.25) is 0 Å². The van der Waals surface area contributed by atoms with E-state index in [2.05, 4.69) is 45.5 Å². The van der Waals surface area contributed by atoms with Crippen molar-refractivity contribution in [3.05, 3.63) is 60.2 Å². The van der Waals surface area contributed by atoms with E-state index in [-0.39, 0.29) is 6.42 Å². The molecule has 2 aromatic heterocycles. The summed E-state index contributed by atoms with van der Waals surface area (Å²) in [4.78, 5) is 14.7. The fourth-order valence-corrected chi connectivity index (χ4v) is 5.94. The van der Waals surface area contributed by atoms with Crippen molar-refractivity contribution in [2.45, 2.75) is 161 Å². The van der Waals surface area contributed by atoms with Crippen molar-refractivity contribution < 1.29 is 14.5 Å². The molecule has 0 fully saturated rings. The normalized spacial score (nSPS) is 11.3. The highest BCUT2D eigenvalue weighted by Gasteiger charge is 2.04. The van der Waals surface area contributed by atoms with Crippen LogP contribution in [0.2, 0.25) is 0 Å². The van der Waals surface area contributed by atoms with Crippen molar-refractivity contribution in [1.29, 1.82) is 0 Å². The van der Waals surface area contributed by atoms with Gasteiger partial charge in [-0.25, -0.2) is 4.57 Å². The molecule has 0 bridgehead atoms. The predicted octanol–water partition coefficient (Wildman–Crippen LogP) is 9.41. The standard InChI is InChI=1S/C38H63N3O2/c42-38(43)28-31-39-29-20-16-12-8-4-1-2-7-11-15-19-25-37-27-23-33-41(35-37)32-21-17-13-9-5-3-6-10-14-18-24-36-26-22-30-40-34-36/h22-23,26-27,30,33-35,39H,1-21,24-25,28-29,31-32H2/p+1. The molecule has 0 aliphatic rings. The second-order valence-electron chi connectivity index (χ2n) is 12.6. The molecule has 5 nitrogen and oxygen atoms in total. The number of carboxylic acid groups (broad SMARTS) is 1. The van der Waals surface area contributed by atoms with Crippen molar-refractivity contribution >= 4 is 5.97 Å². The van der Waals surface area contributed by atoms with E-state index < -0.39 is 5.97 Å². The molecule has 242 valence electrons. The predicted molar refractivity (Wildman–Crippen MR) is 180 cm³/mol. The average Bonchev–Trinajstić information content (AvgIpc) is 3.02. The molecule has 2 rings (SSSR count). The first-order chi connectivity index (χ1) is 21.2. The molecular formula is C38H64N3O2+. The summed E-state index contributed by atoms with van der Waals surface area (Å²) in [6.45, 7) is 2.71. The van der Waals surface area contributed by atoms with Crippen LogP contribution in [0.25, 0.3) is 0 Å². The van der Waals surface area contributed by atoms with Crippen LogP contribution in [0.4, 0.5) is 0 Å². The molecule has 0 amide bonds. The van der Waals surface area contributed by atoms with E-state index in [0.29, 0.717) is 6.54 Å². The van der Waals surface area contributed by atoms with E-state index in [1.807, 2.05) is 18.5 Å². The Bertz CT molecular complexity index is 905. The Morgan fingerprint density at radius 2 is 1.14 bits per heavy atom. The zero-order valence-electron chi connectivity index (χ0n) is 27.5. The first-order valence-corrected chi connectivity index (χ1v) is 18.0. The molecule has 43 heavy (non-hydrogen) atoms. The number of nitrogens with zero attached hydrogens (tertiary/aromatic N) is 2. The smallest absolute Gasteiger partial charge is 0.304 e. The minimum Gasteiger partial charge on any atom is -0.481 e. The maximum absolute atomic E-state index is 10.5. The molecule has 0 radical (unpaired) electrons. The third-order valence-corrected chi connectivity index (χ3v) is 8.61. The van der Waals surface area contributed by atoms with Crippen LogP contribution >= 0.6 is 0 Å². The van der Waals surface area contributed by atoms with E-state index in [0.717, 1.165) is 19.5 Å². The number of hydrogen-bond donors (Lipinski definition) is 2. The van der Waals surface area contributed by atoms with Crippen LogP contribution in [0.3, 0.4) is 0 Å². The van der Waals surface area contributed by atoms with Crippen LogP contribution in [-0.2, 0) is 24.2 Å². The summed E-state index contributed by atoms with van der Waals surface area (Å²) in [5.74, 6) is -0.718. The van der Waals surface area contributed by atoms with E-state index >= 15 is 0 Å². The highest BCUT2D eigenvalue weighted by Crippen LogP contribution is 2.14. The van der Waals surface area contributed by atoms with Crippen LogP contribution in [0.15, 0.2) is 49.1 Å². The third kappa shape index (κ3) is 22.9. The number of hydrogen-bond acceptors (Lipinski definition) is 3. The topological polar surface area (TPSA) is 66.1 Å². The molecule has 0 aliphatic carbocycles. The first-order valence-electron chi connectivity index (χ1n) is 18.0. The number of unbranched alkanes of at least 4 members (excludes halogenated alkanes) is 19. The SMILES string of the molecule is O=C(O)CCNCCCCCCCCCCCCCc1ccc[n+](CCCCCCCCCCCCc2cccnc2)c1. The number of carbonyl (C=O) groups is 1. The summed E-state index contributed by atoms with van der Waals surface area (Å²) in [5, 5.41) is 11.8. The van der Waals surface area contributed by atoms with Gasteiger partial charge < -0.3 is 10.4 Å². The van der Waals surface area contributed by atoms with Gasteiger partial charge in [-0.2, -0.15) is 0 Å². The molecular weight excluding hydrogens is 530 g/mol. The molecule has 0 saturated heterocycles. The van der Waals surface area contributed by atoms with Gasteiger partial charge in [0, 0.05) is 37.0 Å². The maximum Gasteiger partial charge on any atom is 0.304 e. The molecule has 2 N–H and O–H groups in total. The molecule has 0 aromatic carbocycles. The van der Waals surface area contributed by atoms with Gasteiger partial charge in [-0.05, 0) is 62.8 Å². The Kier molecular flexibility index (Phi) is 23.4. The van der Waals surface area contributed by atoms with Crippen LogP contribution in [-0.4, -0.2) is 29.1 Å². The molecule has 0 aliphatic heterocycles. The van der Waals surface area contributed by atoms with Gasteiger partial charge in [0.15, 0.2) is 12.4 Å². The second kappa shape index (κ2) is 27.3. The van der Waals surface area contributed by atoms with Crippen molar-refractivity contribution in [1.82, 2.24) is 10.3 Å². The number of nitrogens with one attached hydrogen (secondary N) is 1. The van der Waals surface area contributed by atoms with Crippen LogP contribution in [0.5, 0.6) is 0 Å². The number of pyridine rings is 2. The number of aryl methyl sites for hydroxylation is 3. The van der Waals surface area contributed by atoms with Gasteiger partial charge in [-0.3, -0.25) is 9.78 Å². The minimum atomic E-state index is -0.718. The molecule has 2 aromatic rings. The van der Waals surface area contributed by atoms with E-state index in [4.69, 9.17) is 5.11 Å². The lowest BCUT2D eigenvalue weighted by atomic mass is 10.0. The highest BCUT2D eigenvalue weighted by molar-refractivity contribution is 5.66. The van der Waals surface area contributed by atoms with Gasteiger partial charge in [-0.1, -0.05) is 109 Å². The van der Waals surface area contributed by atoms with Crippen molar-refractivity contribution in [3.8, 4) is 0 Å². The lowest BCUT2D eigenvalue weighted by molar-refractivity contribution is -0.697. The summed E-state index contributed by atoms with van der Waals surface area (Å²) >= 11 is 0. The molecule has 2 heterocycles. The third-order valence-electron chi connectivity index (χ3n) is 8.61. The Balaban J connectivity index is 1.31. The zero-order valence-corrected chi connectivity index (χ0v) is 27.5. The fraction of sp³-hybridized carbons (Fsp3) is 0.711. The van der Waals surface area contributed by atoms with E-state index in [1.54, 1.807) is 0 Å². The molecule has 0 atom stereocenters. The summed E-state index contributed by atoms with van der Waals surface area (Å²) in [5.41, 5.74) is 2.88. The molecule has 0 saturated carbocycles. The second-order valence-corrected chi connectivity index (χ2v) is 12.6. The average molecular weight is 595 g/mol. The van der Waals surface area contributed by atoms with E-state index in [9.17, 15) is 4.79 Å². The lowest BCUT2D eigenvalue weighted by Crippen LogP contribution is -2.33. The lowest BCUT2D eigenvalue weighted by Gasteiger charge is -2.05. The van der Waals surface area contributed by atoms with Crippen molar-refractivity contribution in [2.75, 3.05) is 13.1 Å². The van der Waals surface area contributed by atoms with Gasteiger partial charge in [0.05, 0.1) is 6.42 Å². The quantitative estimate of drug-likeness (QED) is 0.0698. The molecule has 0 unspecified atom stereocenters. The summed E-state index contributed by atoms with van der Waals surface area (Å²) in [6, 6.07) is 8.78. The van der Waals surface area contributed by atoms with E-state index in [1.165, 1.54) is 152 Å². The Morgan fingerprint density at radius 1 is 0.628 bits per heavy atom. The van der Waals surface area contributed by atoms with Gasteiger partial charge in [0.1, 0.15) is 6.54 Å². The van der Waals surface area contributed by atoms with Crippen LogP contribution < -0.4 is 9.88 Å². The van der Waals surface area contributed by atoms with Gasteiger partial charge in [-0.15, -0.1) is 0 Å². The highest BCUT2D eigenvalue weighted by atomic mass is 16.4. The number of rotatable bonds is 30. The molecule has 0 spiro atoms. The van der Waals surface area contributed by atoms with Crippen LogP contribution in [0, 0.1) is 0 Å². The zero-order chi connectivity index (χ0) is 30.5. The number of aromatic nitrogens is 2. The monoisotopic (exact) mass is 594 g/mol. The van der Waals surface area contributed by atoms with Gasteiger partial charge >= 0.3 is 5.97 Å². The summed E-state index contributed by atoms with van der Waals surface area (Å²) in [7, 11) is 0. The van der Waals surface area contributed by atoms with Gasteiger partial charge in [0.25, 0.3) is 0 Å². The summed E-state index contributed by atoms with van der Waals surface area (Å²) in [6.07, 6.45) is 39.4. The fourth-order valence-electron chi connectivity index (χ4n) is 5.94. The van der Waals surface area contributed by atoms with Crippen molar-refractivity contribution in [3.63, 3.8) is 0 Å². The first kappa shape index (κ1) is 36.9. The van der Waals surface area contributed by atoms with Crippen LogP contribution in [0.1, 0.15) is 152 Å². The number of aliphatic carboxylic acids is 1. The Morgan fingerprint density at radius 3 is 1.70 bits per heavy atom. The Hall–Kier alpha value is -2.27.